The van der Waals surface area contributed by atoms with E-state index in [1.54, 1.807) is 12.1 Å². The van der Waals surface area contributed by atoms with E-state index in [1.165, 1.54) is 0 Å². The molecular weight excluding hydrogens is 248 g/mol. The van der Waals surface area contributed by atoms with Gasteiger partial charge in [-0.15, -0.1) is 0 Å². The molecule has 2 aromatic rings. The summed E-state index contributed by atoms with van der Waals surface area (Å²) in [4.78, 5) is 0. The van der Waals surface area contributed by atoms with Crippen molar-refractivity contribution in [2.75, 3.05) is 0 Å². The summed E-state index contributed by atoms with van der Waals surface area (Å²) in [6, 6.07) is 16.8. The van der Waals surface area contributed by atoms with Crippen molar-refractivity contribution in [1.82, 2.24) is 0 Å². The lowest BCUT2D eigenvalue weighted by molar-refractivity contribution is 0.0920. The fraction of sp³-hybridized carbons (Fsp3) is 0.111. The molecule has 0 aromatic heterocycles. The monoisotopic (exact) mass is 264 g/mol. The molecule has 0 saturated carbocycles. The van der Waals surface area contributed by atoms with Crippen molar-refractivity contribution in [3.63, 3.8) is 0 Å². The van der Waals surface area contributed by atoms with Crippen LogP contribution in [0.4, 0.5) is 0 Å². The van der Waals surface area contributed by atoms with Gasteiger partial charge in [0.1, 0.15) is 11.4 Å². The number of hydrogen-bond acceptors (Lipinski definition) is 2. The van der Waals surface area contributed by atoms with E-state index in [0.717, 1.165) is 16.7 Å². The predicted molar refractivity (Wildman–Crippen MR) is 80.2 cm³/mol. The Morgan fingerprint density at radius 3 is 2.20 bits per heavy atom. The quantitative estimate of drug-likeness (QED) is 0.869. The fourth-order valence-electron chi connectivity index (χ4n) is 2.44. The van der Waals surface area contributed by atoms with Crippen LogP contribution in [0.3, 0.4) is 0 Å². The van der Waals surface area contributed by atoms with E-state index < -0.39 is 5.60 Å². The largest absolute Gasteiger partial charge is 0.508 e. The highest BCUT2D eigenvalue weighted by Gasteiger charge is 2.27. The standard InChI is InChI=1S/C18H16O2/c19-17-8-6-14(7-9-17)15-10-12-18(20,13-11-15)16-4-2-1-3-5-16/h1-12,19-20H,13H2. The highest BCUT2D eigenvalue weighted by atomic mass is 16.3. The van der Waals surface area contributed by atoms with Crippen LogP contribution in [-0.2, 0) is 5.60 Å². The van der Waals surface area contributed by atoms with Crippen LogP contribution in [0.5, 0.6) is 5.75 Å². The second-order valence-corrected chi connectivity index (χ2v) is 5.03. The summed E-state index contributed by atoms with van der Waals surface area (Å²) in [5.74, 6) is 0.259. The van der Waals surface area contributed by atoms with Crippen molar-refractivity contribution >= 4 is 5.57 Å². The fourth-order valence-corrected chi connectivity index (χ4v) is 2.44. The van der Waals surface area contributed by atoms with Crippen LogP contribution in [0.15, 0.2) is 72.8 Å². The van der Waals surface area contributed by atoms with Gasteiger partial charge in [0.2, 0.25) is 0 Å². The first-order chi connectivity index (χ1) is 9.67. The van der Waals surface area contributed by atoms with Crippen LogP contribution in [0.2, 0.25) is 0 Å². The molecule has 2 aromatic carbocycles. The average Bonchev–Trinajstić information content (AvgIpc) is 2.50. The smallest absolute Gasteiger partial charge is 0.115 e. The Balaban J connectivity index is 1.85. The zero-order chi connectivity index (χ0) is 14.0. The Kier molecular flexibility index (Phi) is 3.17. The predicted octanol–water partition coefficient (Wildman–Crippen LogP) is 3.62. The van der Waals surface area contributed by atoms with Crippen LogP contribution in [0, 0.1) is 0 Å². The summed E-state index contributed by atoms with van der Waals surface area (Å²) in [6.45, 7) is 0. The molecule has 0 amide bonds. The minimum Gasteiger partial charge on any atom is -0.508 e. The van der Waals surface area contributed by atoms with Crippen LogP contribution >= 0.6 is 0 Å². The van der Waals surface area contributed by atoms with Crippen LogP contribution < -0.4 is 0 Å². The van der Waals surface area contributed by atoms with Crippen molar-refractivity contribution in [1.29, 1.82) is 0 Å². The first kappa shape index (κ1) is 12.7. The molecule has 0 heterocycles. The molecule has 0 bridgehead atoms. The molecule has 20 heavy (non-hydrogen) atoms. The molecule has 1 aliphatic carbocycles. The van der Waals surface area contributed by atoms with Crippen molar-refractivity contribution < 1.29 is 10.2 Å². The summed E-state index contributed by atoms with van der Waals surface area (Å²) >= 11 is 0. The number of hydrogen-bond donors (Lipinski definition) is 2. The first-order valence-electron chi connectivity index (χ1n) is 6.64. The van der Waals surface area contributed by atoms with Gasteiger partial charge in [-0.25, -0.2) is 0 Å². The molecule has 0 saturated heterocycles. The summed E-state index contributed by atoms with van der Waals surface area (Å²) in [5, 5.41) is 20.0. The highest BCUT2D eigenvalue weighted by Crippen LogP contribution is 2.34. The van der Waals surface area contributed by atoms with Gasteiger partial charge in [0.15, 0.2) is 0 Å². The molecule has 0 radical (unpaired) electrons. The maximum Gasteiger partial charge on any atom is 0.115 e. The van der Waals surface area contributed by atoms with Crippen LogP contribution in [0.25, 0.3) is 5.57 Å². The van der Waals surface area contributed by atoms with Gasteiger partial charge in [-0.05, 0) is 34.9 Å². The summed E-state index contributed by atoms with van der Waals surface area (Å²) in [7, 11) is 0. The summed E-state index contributed by atoms with van der Waals surface area (Å²) < 4.78 is 0. The van der Waals surface area contributed by atoms with Gasteiger partial charge in [-0.2, -0.15) is 0 Å². The topological polar surface area (TPSA) is 40.5 Å². The normalized spacial score (nSPS) is 21.6. The van der Waals surface area contributed by atoms with Gasteiger partial charge >= 0.3 is 0 Å². The number of benzene rings is 2. The minimum absolute atomic E-state index is 0.259. The van der Waals surface area contributed by atoms with E-state index in [0.29, 0.717) is 6.42 Å². The van der Waals surface area contributed by atoms with E-state index in [-0.39, 0.29) is 5.75 Å². The third-order valence-corrected chi connectivity index (χ3v) is 3.65. The first-order valence-corrected chi connectivity index (χ1v) is 6.64. The Hall–Kier alpha value is -2.32. The van der Waals surface area contributed by atoms with Gasteiger partial charge in [-0.3, -0.25) is 0 Å². The van der Waals surface area contributed by atoms with Gasteiger partial charge in [0, 0.05) is 6.42 Å². The molecular formula is C18H16O2. The summed E-state index contributed by atoms with van der Waals surface area (Å²) in [6.07, 6.45) is 6.34. The second kappa shape index (κ2) is 4.99. The zero-order valence-electron chi connectivity index (χ0n) is 11.0. The number of rotatable bonds is 2. The molecule has 2 nitrogen and oxygen atoms in total. The molecule has 0 aliphatic heterocycles. The number of phenols is 1. The number of phenolic OH excluding ortho intramolecular Hbond substituents is 1. The van der Waals surface area contributed by atoms with Crippen molar-refractivity contribution in [3.05, 3.63) is 84.0 Å². The molecule has 1 aliphatic rings. The summed E-state index contributed by atoms with van der Waals surface area (Å²) in [5.41, 5.74) is 2.07. The molecule has 1 atom stereocenters. The lowest BCUT2D eigenvalue weighted by Gasteiger charge is -2.27. The van der Waals surface area contributed by atoms with Crippen molar-refractivity contribution in [3.8, 4) is 5.75 Å². The van der Waals surface area contributed by atoms with Gasteiger partial charge in [0.05, 0.1) is 0 Å². The van der Waals surface area contributed by atoms with E-state index in [4.69, 9.17) is 0 Å². The SMILES string of the molecule is Oc1ccc(C2=CCC(O)(c3ccccc3)C=C2)cc1. The van der Waals surface area contributed by atoms with Gasteiger partial charge < -0.3 is 10.2 Å². The van der Waals surface area contributed by atoms with Crippen LogP contribution in [0.1, 0.15) is 17.5 Å². The second-order valence-electron chi connectivity index (χ2n) is 5.03. The Bertz CT molecular complexity index is 654. The highest BCUT2D eigenvalue weighted by molar-refractivity contribution is 5.75. The average molecular weight is 264 g/mol. The number of allylic oxidation sites excluding steroid dienone is 2. The lowest BCUT2D eigenvalue weighted by atomic mass is 9.84. The number of aliphatic hydroxyl groups is 1. The molecule has 2 heteroatoms. The Morgan fingerprint density at radius 1 is 0.900 bits per heavy atom. The maximum absolute atomic E-state index is 10.7. The van der Waals surface area contributed by atoms with E-state index in [9.17, 15) is 10.2 Å². The molecule has 100 valence electrons. The Labute approximate surface area is 118 Å². The van der Waals surface area contributed by atoms with E-state index in [2.05, 4.69) is 0 Å². The van der Waals surface area contributed by atoms with Crippen molar-refractivity contribution in [2.24, 2.45) is 0 Å². The zero-order valence-corrected chi connectivity index (χ0v) is 11.0. The van der Waals surface area contributed by atoms with Crippen molar-refractivity contribution in [2.45, 2.75) is 12.0 Å². The third-order valence-electron chi connectivity index (χ3n) is 3.65. The molecule has 3 rings (SSSR count). The molecule has 1 unspecified atom stereocenters. The van der Waals surface area contributed by atoms with E-state index >= 15 is 0 Å². The molecule has 0 spiro atoms. The molecule has 2 N–H and O–H groups in total. The van der Waals surface area contributed by atoms with E-state index in [1.807, 2.05) is 60.7 Å². The van der Waals surface area contributed by atoms with Gasteiger partial charge in [-0.1, -0.05) is 54.6 Å². The number of aromatic hydroxyl groups is 1. The third kappa shape index (κ3) is 2.38. The minimum atomic E-state index is -0.929. The van der Waals surface area contributed by atoms with Crippen LogP contribution in [-0.4, -0.2) is 10.2 Å². The Morgan fingerprint density at radius 2 is 1.60 bits per heavy atom. The molecule has 0 fully saturated rings. The maximum atomic E-state index is 10.7. The van der Waals surface area contributed by atoms with Gasteiger partial charge in [0.25, 0.3) is 0 Å². The lowest BCUT2D eigenvalue weighted by Crippen LogP contribution is -2.23.